The Morgan fingerprint density at radius 3 is 2.25 bits per heavy atom. The molecule has 1 aliphatic carbocycles. The first-order chi connectivity index (χ1) is 5.34. The van der Waals surface area contributed by atoms with Crippen LogP contribution >= 0.6 is 11.6 Å². The third-order valence-electron chi connectivity index (χ3n) is 1.53. The van der Waals surface area contributed by atoms with Gasteiger partial charge in [0.15, 0.2) is 5.06 Å². The normalized spacial score (nSPS) is 35.6. The van der Waals surface area contributed by atoms with Crippen molar-refractivity contribution < 1.29 is 18.3 Å². The van der Waals surface area contributed by atoms with Crippen LogP contribution in [0.15, 0.2) is 24.3 Å². The van der Waals surface area contributed by atoms with Crippen LogP contribution in [0.4, 0.5) is 13.2 Å². The fourth-order valence-electron chi connectivity index (χ4n) is 0.943. The lowest BCUT2D eigenvalue weighted by molar-refractivity contribution is -0.185. The highest BCUT2D eigenvalue weighted by Crippen LogP contribution is 2.40. The van der Waals surface area contributed by atoms with Gasteiger partial charge in [0.25, 0.3) is 0 Å². The lowest BCUT2D eigenvalue weighted by Gasteiger charge is -2.28. The van der Waals surface area contributed by atoms with Crippen LogP contribution in [0, 0.1) is 5.92 Å². The van der Waals surface area contributed by atoms with E-state index in [1.807, 2.05) is 0 Å². The minimum atomic E-state index is -4.52. The molecule has 0 saturated heterocycles. The van der Waals surface area contributed by atoms with E-state index in [0.717, 1.165) is 12.2 Å². The van der Waals surface area contributed by atoms with Gasteiger partial charge >= 0.3 is 6.18 Å². The number of allylic oxidation sites excluding steroid dienone is 2. The lowest BCUT2D eigenvalue weighted by atomic mass is 9.96. The number of hydrogen-bond acceptors (Lipinski definition) is 1. The van der Waals surface area contributed by atoms with Crippen molar-refractivity contribution >= 4 is 11.6 Å². The summed E-state index contributed by atoms with van der Waals surface area (Å²) < 4.78 is 36.3. The quantitative estimate of drug-likeness (QED) is 0.592. The van der Waals surface area contributed by atoms with Gasteiger partial charge in [-0.2, -0.15) is 13.2 Å². The van der Waals surface area contributed by atoms with Gasteiger partial charge in [-0.25, -0.2) is 0 Å². The Hall–Kier alpha value is -0.480. The summed E-state index contributed by atoms with van der Waals surface area (Å²) in [6.07, 6.45) is -0.304. The molecule has 0 fully saturated rings. The predicted molar refractivity (Wildman–Crippen MR) is 38.6 cm³/mol. The molecule has 0 aromatic carbocycles. The highest BCUT2D eigenvalue weighted by atomic mass is 35.5. The van der Waals surface area contributed by atoms with Gasteiger partial charge in [0, 0.05) is 0 Å². The number of halogens is 4. The maximum Gasteiger partial charge on any atom is 0.399 e. The van der Waals surface area contributed by atoms with Crippen molar-refractivity contribution in [2.45, 2.75) is 11.2 Å². The molecule has 1 rings (SSSR count). The van der Waals surface area contributed by atoms with Crippen molar-refractivity contribution in [3.63, 3.8) is 0 Å². The second kappa shape index (κ2) is 2.78. The molecule has 2 atom stereocenters. The highest BCUT2D eigenvalue weighted by molar-refractivity contribution is 6.24. The Labute approximate surface area is 72.1 Å². The first-order valence-corrected chi connectivity index (χ1v) is 3.56. The maximum atomic E-state index is 12.1. The van der Waals surface area contributed by atoms with Gasteiger partial charge in [0.05, 0.1) is 0 Å². The molecular formula is C7H6ClF3O. The van der Waals surface area contributed by atoms with E-state index in [2.05, 4.69) is 0 Å². The first-order valence-electron chi connectivity index (χ1n) is 3.18. The summed E-state index contributed by atoms with van der Waals surface area (Å²) in [6, 6.07) is 0. The molecule has 0 bridgehead atoms. The second-order valence-electron chi connectivity index (χ2n) is 2.49. The van der Waals surface area contributed by atoms with Crippen molar-refractivity contribution in [1.82, 2.24) is 0 Å². The summed E-state index contributed by atoms with van der Waals surface area (Å²) >= 11 is 5.22. The molecule has 0 saturated carbocycles. The number of rotatable bonds is 0. The van der Waals surface area contributed by atoms with E-state index in [0.29, 0.717) is 0 Å². The van der Waals surface area contributed by atoms with Crippen molar-refractivity contribution in [3.8, 4) is 0 Å². The molecule has 68 valence electrons. The molecule has 0 radical (unpaired) electrons. The average molecular weight is 199 g/mol. The molecule has 0 aliphatic heterocycles. The van der Waals surface area contributed by atoms with Crippen LogP contribution in [0.2, 0.25) is 0 Å². The lowest BCUT2D eigenvalue weighted by Crippen LogP contribution is -2.39. The Balaban J connectivity index is 2.92. The second-order valence-corrected chi connectivity index (χ2v) is 3.10. The van der Waals surface area contributed by atoms with Crippen molar-refractivity contribution in [1.29, 1.82) is 0 Å². The molecule has 1 aliphatic rings. The van der Waals surface area contributed by atoms with Crippen LogP contribution in [0.25, 0.3) is 0 Å². The van der Waals surface area contributed by atoms with E-state index in [9.17, 15) is 13.2 Å². The molecule has 0 aromatic rings. The standard InChI is InChI=1S/C7H6ClF3O/c8-6(12)4-2-1-3-5(6)7(9,10)11/h1-5,12H/t5-,6+/m0/s1. The fourth-order valence-corrected chi connectivity index (χ4v) is 1.21. The first kappa shape index (κ1) is 9.61. The SMILES string of the molecule is O[C@]1(Cl)C=CC=C[C@@H]1C(F)(F)F. The van der Waals surface area contributed by atoms with Gasteiger partial charge in [-0.05, 0) is 6.08 Å². The van der Waals surface area contributed by atoms with Crippen LogP contribution in [0.3, 0.4) is 0 Å². The van der Waals surface area contributed by atoms with Crippen LogP contribution in [-0.2, 0) is 0 Å². The van der Waals surface area contributed by atoms with Gasteiger partial charge < -0.3 is 5.11 Å². The van der Waals surface area contributed by atoms with E-state index in [1.54, 1.807) is 0 Å². The van der Waals surface area contributed by atoms with Gasteiger partial charge in [0.2, 0.25) is 0 Å². The fraction of sp³-hybridized carbons (Fsp3) is 0.429. The number of aliphatic hydroxyl groups is 1. The summed E-state index contributed by atoms with van der Waals surface area (Å²) in [5.41, 5.74) is 0. The molecule has 0 unspecified atom stereocenters. The largest absolute Gasteiger partial charge is 0.399 e. The summed E-state index contributed by atoms with van der Waals surface area (Å²) in [5.74, 6) is -2.03. The van der Waals surface area contributed by atoms with Crippen LogP contribution < -0.4 is 0 Å². The van der Waals surface area contributed by atoms with Gasteiger partial charge in [0.1, 0.15) is 5.92 Å². The van der Waals surface area contributed by atoms with E-state index in [1.165, 1.54) is 12.2 Å². The zero-order valence-corrected chi connectivity index (χ0v) is 6.60. The summed E-state index contributed by atoms with van der Waals surface area (Å²) in [7, 11) is 0. The Morgan fingerprint density at radius 2 is 1.92 bits per heavy atom. The van der Waals surface area contributed by atoms with Crippen LogP contribution in [0.5, 0.6) is 0 Å². The topological polar surface area (TPSA) is 20.2 Å². The van der Waals surface area contributed by atoms with Crippen molar-refractivity contribution in [2.24, 2.45) is 5.92 Å². The third-order valence-corrected chi connectivity index (χ3v) is 1.89. The summed E-state index contributed by atoms with van der Waals surface area (Å²) in [5, 5.41) is 6.74. The Kier molecular flexibility index (Phi) is 2.23. The van der Waals surface area contributed by atoms with Gasteiger partial charge in [-0.1, -0.05) is 29.8 Å². The summed E-state index contributed by atoms with van der Waals surface area (Å²) in [4.78, 5) is 0. The van der Waals surface area contributed by atoms with Gasteiger partial charge in [-0.3, -0.25) is 0 Å². The molecular weight excluding hydrogens is 193 g/mol. The van der Waals surface area contributed by atoms with Gasteiger partial charge in [-0.15, -0.1) is 0 Å². The maximum absolute atomic E-state index is 12.1. The third kappa shape index (κ3) is 1.81. The van der Waals surface area contributed by atoms with Crippen LogP contribution in [0.1, 0.15) is 0 Å². The number of alkyl halides is 4. The molecule has 1 nitrogen and oxygen atoms in total. The molecule has 0 spiro atoms. The Bertz CT molecular complexity index is 229. The smallest absolute Gasteiger partial charge is 0.370 e. The molecule has 0 amide bonds. The van der Waals surface area contributed by atoms with E-state index >= 15 is 0 Å². The zero-order valence-electron chi connectivity index (χ0n) is 5.85. The molecule has 12 heavy (non-hydrogen) atoms. The molecule has 1 N–H and O–H groups in total. The monoisotopic (exact) mass is 198 g/mol. The molecule has 0 aromatic heterocycles. The molecule has 0 heterocycles. The zero-order chi connectivity index (χ0) is 9.41. The summed E-state index contributed by atoms with van der Waals surface area (Å²) in [6.45, 7) is 0. The van der Waals surface area contributed by atoms with Crippen LogP contribution in [-0.4, -0.2) is 16.3 Å². The van der Waals surface area contributed by atoms with E-state index in [-0.39, 0.29) is 0 Å². The minimum Gasteiger partial charge on any atom is -0.370 e. The van der Waals surface area contributed by atoms with E-state index in [4.69, 9.17) is 16.7 Å². The number of hydrogen-bond donors (Lipinski definition) is 1. The van der Waals surface area contributed by atoms with Crippen molar-refractivity contribution in [2.75, 3.05) is 0 Å². The van der Waals surface area contributed by atoms with Crippen molar-refractivity contribution in [3.05, 3.63) is 24.3 Å². The minimum absolute atomic E-state index is 0.826. The van der Waals surface area contributed by atoms with E-state index < -0.39 is 17.2 Å². The average Bonchev–Trinajstić information content (AvgIpc) is 1.83. The Morgan fingerprint density at radius 1 is 1.33 bits per heavy atom. The molecule has 5 heteroatoms. The predicted octanol–water partition coefficient (Wildman–Crippen LogP) is 2.22. The highest BCUT2D eigenvalue weighted by Gasteiger charge is 2.50.